The molecule has 1 atom stereocenters. The average Bonchev–Trinajstić information content (AvgIpc) is 3.41. The van der Waals surface area contributed by atoms with Crippen LogP contribution < -0.4 is 24.8 Å². The number of hydrogen-bond donors (Lipinski definition) is 2. The van der Waals surface area contributed by atoms with E-state index < -0.39 is 6.04 Å². The number of aromatic nitrogens is 3. The van der Waals surface area contributed by atoms with Gasteiger partial charge in [-0.1, -0.05) is 66.2 Å². The molecule has 0 spiro atoms. The molecule has 43 heavy (non-hydrogen) atoms. The van der Waals surface area contributed by atoms with Crippen LogP contribution in [0.2, 0.25) is 10.0 Å². The molecule has 0 fully saturated rings. The molecule has 1 amide bonds. The molecule has 12 heteroatoms. The van der Waals surface area contributed by atoms with Gasteiger partial charge in [-0.15, -0.1) is 5.10 Å². The first-order chi connectivity index (χ1) is 20.8. The predicted molar refractivity (Wildman–Crippen MR) is 171 cm³/mol. The number of nitrogens with one attached hydrogen (secondary N) is 2. The van der Waals surface area contributed by atoms with Crippen molar-refractivity contribution in [3.8, 4) is 17.2 Å². The number of allylic oxidation sites excluding steroid dienone is 1. The highest BCUT2D eigenvalue weighted by Crippen LogP contribution is 2.40. The van der Waals surface area contributed by atoms with E-state index in [2.05, 4.69) is 17.6 Å². The Labute approximate surface area is 264 Å². The van der Waals surface area contributed by atoms with Crippen LogP contribution in [0.15, 0.2) is 77.1 Å². The van der Waals surface area contributed by atoms with Gasteiger partial charge in [0.2, 0.25) is 11.1 Å². The van der Waals surface area contributed by atoms with Crippen LogP contribution in [0.25, 0.3) is 0 Å². The second kappa shape index (κ2) is 13.6. The number of carbonyl (C=O) groups excluding carboxylic acids is 1. The molecule has 0 saturated carbocycles. The molecule has 2 N–H and O–H groups in total. The summed E-state index contributed by atoms with van der Waals surface area (Å²) in [7, 11) is 3.13. The Bertz CT molecular complexity index is 1660. The zero-order chi connectivity index (χ0) is 30.5. The Hall–Kier alpha value is -3.86. The molecule has 9 nitrogen and oxygen atoms in total. The van der Waals surface area contributed by atoms with Crippen LogP contribution in [0.3, 0.4) is 0 Å². The quantitative estimate of drug-likeness (QED) is 0.162. The average molecular weight is 641 g/mol. The summed E-state index contributed by atoms with van der Waals surface area (Å²) in [5.41, 5.74) is 3.10. The highest BCUT2D eigenvalue weighted by atomic mass is 35.5. The Morgan fingerprint density at radius 1 is 1.02 bits per heavy atom. The van der Waals surface area contributed by atoms with E-state index in [9.17, 15) is 4.79 Å². The van der Waals surface area contributed by atoms with Crippen LogP contribution in [0, 0.1) is 0 Å². The number of nitrogens with zero attached hydrogens (tertiary/aromatic N) is 3. The molecular weight excluding hydrogens is 609 g/mol. The molecule has 3 aromatic carbocycles. The summed E-state index contributed by atoms with van der Waals surface area (Å²) >= 11 is 14.3. The van der Waals surface area contributed by atoms with Crippen molar-refractivity contribution in [2.24, 2.45) is 0 Å². The Kier molecular flexibility index (Phi) is 9.69. The van der Waals surface area contributed by atoms with E-state index in [1.807, 2.05) is 31.2 Å². The largest absolute Gasteiger partial charge is 0.495 e. The van der Waals surface area contributed by atoms with Crippen LogP contribution in [-0.2, 0) is 11.4 Å². The molecule has 0 bridgehead atoms. The summed E-state index contributed by atoms with van der Waals surface area (Å²) in [6.07, 6.45) is 0.979. The van der Waals surface area contributed by atoms with Crippen molar-refractivity contribution in [2.75, 3.05) is 30.6 Å². The maximum absolute atomic E-state index is 14.0. The predicted octanol–water partition coefficient (Wildman–Crippen LogP) is 7.61. The summed E-state index contributed by atoms with van der Waals surface area (Å²) in [5, 5.41) is 12.7. The van der Waals surface area contributed by atoms with Gasteiger partial charge in [0.05, 0.1) is 25.5 Å². The first-order valence-electron chi connectivity index (χ1n) is 13.6. The lowest BCUT2D eigenvalue weighted by molar-refractivity contribution is -0.113. The van der Waals surface area contributed by atoms with Crippen LogP contribution in [0.1, 0.15) is 37.4 Å². The van der Waals surface area contributed by atoms with Gasteiger partial charge in [-0.2, -0.15) is 4.98 Å². The number of thioether (sulfide) groups is 1. The molecule has 0 aliphatic carbocycles. The fraction of sp³-hybridized carbons (Fsp3) is 0.258. The second-order valence-electron chi connectivity index (χ2n) is 9.63. The van der Waals surface area contributed by atoms with Crippen LogP contribution >= 0.6 is 35.0 Å². The first-order valence-corrected chi connectivity index (χ1v) is 15.3. The maximum atomic E-state index is 14.0. The molecule has 4 aromatic rings. The normalized spacial score (nSPS) is 14.1. The Balaban J connectivity index is 1.53. The molecule has 224 valence electrons. The third-order valence-electron chi connectivity index (χ3n) is 6.81. The second-order valence-corrected chi connectivity index (χ2v) is 11.5. The van der Waals surface area contributed by atoms with Gasteiger partial charge < -0.3 is 24.8 Å². The SMILES string of the molecule is CCCSc1nc2n(n1)C(c1ccc(OCc3c(Cl)cccc3Cl)c(OC)c1)C(C(=O)Nc1ccccc1OC)=C(C)N2. The number of carbonyl (C=O) groups is 1. The summed E-state index contributed by atoms with van der Waals surface area (Å²) in [4.78, 5) is 18.6. The molecule has 0 saturated heterocycles. The highest BCUT2D eigenvalue weighted by Gasteiger charge is 2.35. The number of methoxy groups -OCH3 is 2. The van der Waals surface area contributed by atoms with Crippen LogP contribution in [0.4, 0.5) is 11.6 Å². The van der Waals surface area contributed by atoms with Gasteiger partial charge in [0, 0.05) is 27.1 Å². The molecule has 2 heterocycles. The van der Waals surface area contributed by atoms with Crippen molar-refractivity contribution in [1.29, 1.82) is 0 Å². The molecule has 1 aromatic heterocycles. The van der Waals surface area contributed by atoms with Crippen molar-refractivity contribution in [3.63, 3.8) is 0 Å². The van der Waals surface area contributed by atoms with Crippen molar-refractivity contribution < 1.29 is 19.0 Å². The number of rotatable bonds is 11. The van der Waals surface area contributed by atoms with Gasteiger partial charge in [-0.05, 0) is 55.3 Å². The monoisotopic (exact) mass is 639 g/mol. The Morgan fingerprint density at radius 2 is 1.77 bits per heavy atom. The number of ether oxygens (including phenoxy) is 3. The number of hydrogen-bond acceptors (Lipinski definition) is 8. The third-order valence-corrected chi connectivity index (χ3v) is 8.56. The van der Waals surface area contributed by atoms with Gasteiger partial charge in [-0.3, -0.25) is 4.79 Å². The summed E-state index contributed by atoms with van der Waals surface area (Å²) in [6, 6.07) is 17.5. The van der Waals surface area contributed by atoms with Crippen molar-refractivity contribution in [3.05, 3.63) is 93.1 Å². The summed E-state index contributed by atoms with van der Waals surface area (Å²) < 4.78 is 19.0. The van der Waals surface area contributed by atoms with E-state index >= 15 is 0 Å². The minimum absolute atomic E-state index is 0.151. The summed E-state index contributed by atoms with van der Waals surface area (Å²) in [6.45, 7) is 4.10. The Morgan fingerprint density at radius 3 is 2.49 bits per heavy atom. The highest BCUT2D eigenvalue weighted by molar-refractivity contribution is 7.99. The number of anilines is 2. The summed E-state index contributed by atoms with van der Waals surface area (Å²) in [5.74, 6) is 2.63. The number of benzene rings is 3. The van der Waals surface area contributed by atoms with E-state index in [4.69, 9.17) is 47.5 Å². The van der Waals surface area contributed by atoms with Crippen LogP contribution in [-0.4, -0.2) is 40.6 Å². The molecule has 1 aliphatic rings. The maximum Gasteiger partial charge on any atom is 0.255 e. The minimum atomic E-state index is -0.615. The molecule has 0 radical (unpaired) electrons. The molecule has 1 aliphatic heterocycles. The van der Waals surface area contributed by atoms with Gasteiger partial charge in [0.25, 0.3) is 5.91 Å². The molecular formula is C31H31Cl2N5O4S. The van der Waals surface area contributed by atoms with Gasteiger partial charge in [0.1, 0.15) is 18.4 Å². The third kappa shape index (κ3) is 6.56. The lowest BCUT2D eigenvalue weighted by atomic mass is 9.94. The van der Waals surface area contributed by atoms with E-state index in [0.717, 1.165) is 17.7 Å². The number of halogens is 2. The van der Waals surface area contributed by atoms with Crippen molar-refractivity contribution in [1.82, 2.24) is 14.8 Å². The fourth-order valence-electron chi connectivity index (χ4n) is 4.72. The lowest BCUT2D eigenvalue weighted by Gasteiger charge is -2.29. The van der Waals surface area contributed by atoms with Crippen molar-refractivity contribution >= 4 is 52.5 Å². The fourth-order valence-corrected chi connectivity index (χ4v) is 5.91. The van der Waals surface area contributed by atoms with Crippen molar-refractivity contribution in [2.45, 2.75) is 38.1 Å². The first kappa shape index (κ1) is 30.6. The van der Waals surface area contributed by atoms with E-state index in [1.54, 1.807) is 67.1 Å². The van der Waals surface area contributed by atoms with Gasteiger partial charge >= 0.3 is 0 Å². The zero-order valence-corrected chi connectivity index (χ0v) is 26.4. The van der Waals surface area contributed by atoms with E-state index in [0.29, 0.717) is 60.9 Å². The van der Waals surface area contributed by atoms with Gasteiger partial charge in [0.15, 0.2) is 11.5 Å². The molecule has 1 unspecified atom stereocenters. The van der Waals surface area contributed by atoms with E-state index in [1.165, 1.54) is 0 Å². The number of fused-ring (bicyclic) bond motifs is 1. The lowest BCUT2D eigenvalue weighted by Crippen LogP contribution is -2.31. The van der Waals surface area contributed by atoms with E-state index in [-0.39, 0.29) is 12.5 Å². The number of para-hydroxylation sites is 2. The van der Waals surface area contributed by atoms with Crippen LogP contribution in [0.5, 0.6) is 17.2 Å². The smallest absolute Gasteiger partial charge is 0.255 e. The molecule has 5 rings (SSSR count). The standard InChI is InChI=1S/C31H31Cl2N5O4S/c1-5-15-43-31-36-30-34-18(2)27(29(39)35-23-11-6-7-12-24(23)40-3)28(38(30)37-31)19-13-14-25(26(16-19)41-4)42-17-20-21(32)9-8-10-22(20)33/h6-14,16,28H,5,15,17H2,1-4H3,(H,35,39)(H,34,36,37). The number of amides is 1. The zero-order valence-electron chi connectivity index (χ0n) is 24.1. The topological polar surface area (TPSA) is 99.5 Å². The minimum Gasteiger partial charge on any atom is -0.495 e. The van der Waals surface area contributed by atoms with Gasteiger partial charge in [-0.25, -0.2) is 4.68 Å².